The molecule has 2 rings (SSSR count). The van der Waals surface area contributed by atoms with Gasteiger partial charge in [0, 0.05) is 6.42 Å². The van der Waals surface area contributed by atoms with Gasteiger partial charge in [0.25, 0.3) is 5.91 Å². The lowest BCUT2D eigenvalue weighted by Crippen LogP contribution is -3.12. The van der Waals surface area contributed by atoms with Gasteiger partial charge in [0.05, 0.1) is 32.5 Å². The summed E-state index contributed by atoms with van der Waals surface area (Å²) in [6.45, 7) is 4.62. The number of hydrogen-bond donors (Lipinski definition) is 2. The van der Waals surface area contributed by atoms with Crippen molar-refractivity contribution in [2.45, 2.75) is 13.3 Å². The zero-order valence-electron chi connectivity index (χ0n) is 15.3. The Morgan fingerprint density at radius 2 is 1.88 bits per heavy atom. The standard InChI is InChI=1S/C20H25FN2O3/c1-3-23(13-6-14-26-17-11-9-16(21)10-12-17)15-20(24)22-18-7-4-5-8-19(18)25-2/h4-5,7-12H,3,6,13-15H2,1-2H3,(H,22,24)/p+1. The van der Waals surface area contributed by atoms with Gasteiger partial charge in [0.2, 0.25) is 0 Å². The lowest BCUT2D eigenvalue weighted by atomic mass is 10.3. The van der Waals surface area contributed by atoms with Gasteiger partial charge >= 0.3 is 0 Å². The molecule has 0 aliphatic rings. The molecule has 140 valence electrons. The van der Waals surface area contributed by atoms with Gasteiger partial charge < -0.3 is 19.7 Å². The van der Waals surface area contributed by atoms with Crippen LogP contribution in [0.3, 0.4) is 0 Å². The first-order valence-corrected chi connectivity index (χ1v) is 8.77. The van der Waals surface area contributed by atoms with Crippen molar-refractivity contribution in [1.82, 2.24) is 0 Å². The van der Waals surface area contributed by atoms with E-state index in [9.17, 15) is 9.18 Å². The van der Waals surface area contributed by atoms with Crippen LogP contribution >= 0.6 is 0 Å². The molecule has 0 aliphatic carbocycles. The van der Waals surface area contributed by atoms with E-state index in [1.54, 1.807) is 19.2 Å². The molecule has 0 radical (unpaired) electrons. The summed E-state index contributed by atoms with van der Waals surface area (Å²) in [5, 5.41) is 2.90. The van der Waals surface area contributed by atoms with E-state index in [1.165, 1.54) is 17.0 Å². The minimum absolute atomic E-state index is 0.0502. The molecule has 1 atom stereocenters. The Kier molecular flexibility index (Phi) is 7.89. The van der Waals surface area contributed by atoms with Crippen LogP contribution in [0.1, 0.15) is 13.3 Å². The fourth-order valence-corrected chi connectivity index (χ4v) is 2.60. The zero-order chi connectivity index (χ0) is 18.8. The van der Waals surface area contributed by atoms with Crippen LogP contribution in [0.2, 0.25) is 0 Å². The zero-order valence-corrected chi connectivity index (χ0v) is 15.3. The summed E-state index contributed by atoms with van der Waals surface area (Å²) >= 11 is 0. The third kappa shape index (κ3) is 6.37. The van der Waals surface area contributed by atoms with Gasteiger partial charge in [-0.1, -0.05) is 12.1 Å². The molecular weight excluding hydrogens is 335 g/mol. The van der Waals surface area contributed by atoms with E-state index in [2.05, 4.69) is 5.32 Å². The smallest absolute Gasteiger partial charge is 0.279 e. The van der Waals surface area contributed by atoms with Crippen molar-refractivity contribution in [1.29, 1.82) is 0 Å². The summed E-state index contributed by atoms with van der Waals surface area (Å²) in [5.74, 6) is 0.968. The summed E-state index contributed by atoms with van der Waals surface area (Å²) in [7, 11) is 1.58. The number of methoxy groups -OCH3 is 1. The SMILES string of the molecule is CC[NH+](CCCOc1ccc(F)cc1)CC(=O)Nc1ccccc1OC. The van der Waals surface area contributed by atoms with Gasteiger partial charge in [0.15, 0.2) is 6.54 Å². The summed E-state index contributed by atoms with van der Waals surface area (Å²) < 4.78 is 23.7. The summed E-state index contributed by atoms with van der Waals surface area (Å²) in [6, 6.07) is 13.3. The molecule has 0 aliphatic heterocycles. The quantitative estimate of drug-likeness (QED) is 0.638. The van der Waals surface area contributed by atoms with Crippen LogP contribution in [0.25, 0.3) is 0 Å². The molecule has 5 nitrogen and oxygen atoms in total. The summed E-state index contributed by atoms with van der Waals surface area (Å²) in [6.07, 6.45) is 0.808. The average Bonchev–Trinajstić information content (AvgIpc) is 2.66. The highest BCUT2D eigenvalue weighted by Gasteiger charge is 2.14. The van der Waals surface area contributed by atoms with Crippen LogP contribution in [-0.2, 0) is 4.79 Å². The molecule has 0 saturated carbocycles. The average molecular weight is 361 g/mol. The van der Waals surface area contributed by atoms with E-state index in [4.69, 9.17) is 9.47 Å². The first kappa shape index (κ1) is 19.7. The Hall–Kier alpha value is -2.60. The molecule has 1 unspecified atom stereocenters. The Bertz CT molecular complexity index is 692. The minimum atomic E-state index is -0.278. The van der Waals surface area contributed by atoms with E-state index >= 15 is 0 Å². The molecule has 1 amide bonds. The number of likely N-dealkylation sites (N-methyl/N-ethyl adjacent to an activating group) is 1. The van der Waals surface area contributed by atoms with Gasteiger partial charge in [-0.15, -0.1) is 0 Å². The van der Waals surface area contributed by atoms with Crippen molar-refractivity contribution in [2.24, 2.45) is 0 Å². The van der Waals surface area contributed by atoms with Gasteiger partial charge in [0.1, 0.15) is 17.3 Å². The molecule has 0 saturated heterocycles. The van der Waals surface area contributed by atoms with E-state index in [0.717, 1.165) is 19.5 Å². The van der Waals surface area contributed by atoms with E-state index in [0.29, 0.717) is 30.3 Å². The number of halogens is 1. The van der Waals surface area contributed by atoms with Crippen LogP contribution < -0.4 is 19.7 Å². The van der Waals surface area contributed by atoms with E-state index in [1.807, 2.05) is 31.2 Å². The fourth-order valence-electron chi connectivity index (χ4n) is 2.60. The Labute approximate surface area is 153 Å². The third-order valence-electron chi connectivity index (χ3n) is 4.05. The normalized spacial score (nSPS) is 11.7. The molecule has 2 aromatic rings. The molecule has 2 aromatic carbocycles. The Balaban J connectivity index is 1.74. The number of amides is 1. The van der Waals surface area contributed by atoms with Crippen LogP contribution in [0, 0.1) is 5.82 Å². The highest BCUT2D eigenvalue weighted by Crippen LogP contribution is 2.22. The largest absolute Gasteiger partial charge is 0.495 e. The van der Waals surface area contributed by atoms with Crippen LogP contribution in [0.4, 0.5) is 10.1 Å². The van der Waals surface area contributed by atoms with Gasteiger partial charge in [-0.25, -0.2) is 4.39 Å². The first-order valence-electron chi connectivity index (χ1n) is 8.77. The van der Waals surface area contributed by atoms with Gasteiger partial charge in [-0.05, 0) is 43.3 Å². The molecule has 0 aromatic heterocycles. The lowest BCUT2D eigenvalue weighted by molar-refractivity contribution is -0.890. The number of hydrogen-bond acceptors (Lipinski definition) is 3. The number of para-hydroxylation sites is 2. The lowest BCUT2D eigenvalue weighted by Gasteiger charge is -2.18. The fraction of sp³-hybridized carbons (Fsp3) is 0.350. The van der Waals surface area contributed by atoms with Gasteiger partial charge in [-0.2, -0.15) is 0 Å². The van der Waals surface area contributed by atoms with E-state index < -0.39 is 0 Å². The Morgan fingerprint density at radius 1 is 1.15 bits per heavy atom. The first-order chi connectivity index (χ1) is 12.6. The van der Waals surface area contributed by atoms with Crippen LogP contribution in [0.15, 0.2) is 48.5 Å². The number of quaternary nitrogens is 1. The van der Waals surface area contributed by atoms with Crippen molar-refractivity contribution in [3.63, 3.8) is 0 Å². The van der Waals surface area contributed by atoms with Crippen molar-refractivity contribution in [3.8, 4) is 11.5 Å². The highest BCUT2D eigenvalue weighted by molar-refractivity contribution is 5.92. The number of anilines is 1. The minimum Gasteiger partial charge on any atom is -0.495 e. The molecule has 0 fully saturated rings. The van der Waals surface area contributed by atoms with E-state index in [-0.39, 0.29) is 11.7 Å². The number of benzene rings is 2. The topological polar surface area (TPSA) is 52.0 Å². The second-order valence-corrected chi connectivity index (χ2v) is 5.93. The maximum atomic E-state index is 12.8. The van der Waals surface area contributed by atoms with Crippen molar-refractivity contribution in [3.05, 3.63) is 54.3 Å². The number of carbonyl (C=O) groups excluding carboxylic acids is 1. The summed E-state index contributed by atoms with van der Waals surface area (Å²) in [5.41, 5.74) is 0.676. The number of carbonyl (C=O) groups is 1. The number of rotatable bonds is 10. The monoisotopic (exact) mass is 361 g/mol. The van der Waals surface area contributed by atoms with Crippen molar-refractivity contribution >= 4 is 11.6 Å². The maximum absolute atomic E-state index is 12.8. The van der Waals surface area contributed by atoms with Crippen LogP contribution in [0.5, 0.6) is 11.5 Å². The second-order valence-electron chi connectivity index (χ2n) is 5.93. The molecular formula is C20H26FN2O3+. The maximum Gasteiger partial charge on any atom is 0.279 e. The van der Waals surface area contributed by atoms with Gasteiger partial charge in [-0.3, -0.25) is 4.79 Å². The number of nitrogens with one attached hydrogen (secondary N) is 2. The molecule has 0 spiro atoms. The molecule has 2 N–H and O–H groups in total. The predicted molar refractivity (Wildman–Crippen MR) is 99.4 cm³/mol. The predicted octanol–water partition coefficient (Wildman–Crippen LogP) is 2.15. The molecule has 0 heterocycles. The Morgan fingerprint density at radius 3 is 2.58 bits per heavy atom. The molecule has 0 bridgehead atoms. The molecule has 6 heteroatoms. The molecule has 26 heavy (non-hydrogen) atoms. The van der Waals surface area contributed by atoms with Crippen molar-refractivity contribution < 1.29 is 23.6 Å². The second kappa shape index (κ2) is 10.4. The third-order valence-corrected chi connectivity index (χ3v) is 4.05. The number of ether oxygens (including phenoxy) is 2. The summed E-state index contributed by atoms with van der Waals surface area (Å²) in [4.78, 5) is 13.4. The highest BCUT2D eigenvalue weighted by atomic mass is 19.1. The van der Waals surface area contributed by atoms with Crippen LogP contribution in [-0.4, -0.2) is 39.3 Å². The van der Waals surface area contributed by atoms with Crippen molar-refractivity contribution in [2.75, 3.05) is 38.7 Å².